The molecule has 3 aromatic carbocycles. The zero-order valence-corrected chi connectivity index (χ0v) is 24.2. The Kier molecular flexibility index (Phi) is 6.85. The van der Waals surface area contributed by atoms with Crippen molar-refractivity contribution in [1.82, 2.24) is 9.78 Å². The first-order valence-corrected chi connectivity index (χ1v) is 13.8. The van der Waals surface area contributed by atoms with Crippen molar-refractivity contribution >= 4 is 5.69 Å². The number of ether oxygens (including phenoxy) is 1. The van der Waals surface area contributed by atoms with Gasteiger partial charge in [0.1, 0.15) is 5.75 Å². The van der Waals surface area contributed by atoms with Gasteiger partial charge in [-0.15, -0.1) is 0 Å². The summed E-state index contributed by atoms with van der Waals surface area (Å²) in [6.45, 7) is 19.4. The summed E-state index contributed by atoms with van der Waals surface area (Å²) in [5, 5.41) is 5.26. The summed E-state index contributed by atoms with van der Waals surface area (Å²) in [7, 11) is 0. The molecule has 1 aliphatic heterocycles. The summed E-state index contributed by atoms with van der Waals surface area (Å²) >= 11 is 0. The van der Waals surface area contributed by atoms with Crippen LogP contribution in [0.2, 0.25) is 0 Å². The molecule has 4 aromatic rings. The molecule has 2 heterocycles. The van der Waals surface area contributed by atoms with Crippen molar-refractivity contribution in [2.75, 3.05) is 11.4 Å². The fraction of sp³-hybridized carbons (Fsp3) is 0.382. The van der Waals surface area contributed by atoms with Gasteiger partial charge in [-0.2, -0.15) is 5.10 Å². The average Bonchev–Trinajstić information content (AvgIpc) is 3.22. The Hall–Kier alpha value is -3.53. The maximum atomic E-state index is 5.95. The topological polar surface area (TPSA) is 30.3 Å². The number of hydrogen-bond acceptors (Lipinski definition) is 3. The summed E-state index contributed by atoms with van der Waals surface area (Å²) in [6.07, 6.45) is 1.07. The second-order valence-electron chi connectivity index (χ2n) is 12.0. The van der Waals surface area contributed by atoms with Crippen molar-refractivity contribution in [2.24, 2.45) is 0 Å². The van der Waals surface area contributed by atoms with Crippen molar-refractivity contribution in [1.29, 1.82) is 0 Å². The maximum absolute atomic E-state index is 5.95. The minimum absolute atomic E-state index is 0.113. The van der Waals surface area contributed by atoms with Crippen LogP contribution in [-0.4, -0.2) is 22.4 Å². The lowest BCUT2D eigenvalue weighted by Crippen LogP contribution is -2.31. The van der Waals surface area contributed by atoms with E-state index in [0.29, 0.717) is 0 Å². The van der Waals surface area contributed by atoms with Crippen LogP contribution in [0, 0.1) is 20.8 Å². The van der Waals surface area contributed by atoms with E-state index in [1.165, 1.54) is 56.1 Å². The zero-order valence-electron chi connectivity index (χ0n) is 24.2. The molecule has 1 aliphatic rings. The van der Waals surface area contributed by atoms with Gasteiger partial charge in [0, 0.05) is 36.3 Å². The molecule has 5 rings (SSSR count). The molecule has 0 N–H and O–H groups in total. The largest absolute Gasteiger partial charge is 0.491 e. The number of hydrogen-bond donors (Lipinski definition) is 0. The summed E-state index contributed by atoms with van der Waals surface area (Å²) in [4.78, 5) is 2.55. The van der Waals surface area contributed by atoms with Crippen LogP contribution in [0.4, 0.5) is 5.69 Å². The smallest absolute Gasteiger partial charge is 0.119 e. The molecule has 4 heteroatoms. The van der Waals surface area contributed by atoms with E-state index in [4.69, 9.17) is 9.84 Å². The lowest BCUT2D eigenvalue weighted by Gasteiger charge is -2.32. The molecule has 0 saturated heterocycles. The molecule has 0 radical (unpaired) electrons. The van der Waals surface area contributed by atoms with Gasteiger partial charge in [-0.1, -0.05) is 51.1 Å². The van der Waals surface area contributed by atoms with E-state index in [1.54, 1.807) is 0 Å². The number of rotatable bonds is 5. The first-order valence-electron chi connectivity index (χ1n) is 13.8. The summed E-state index contributed by atoms with van der Waals surface area (Å²) in [5.74, 6) is 0.895. The van der Waals surface area contributed by atoms with Crippen molar-refractivity contribution < 1.29 is 4.74 Å². The van der Waals surface area contributed by atoms with Crippen LogP contribution in [0.5, 0.6) is 5.75 Å². The average molecular weight is 508 g/mol. The van der Waals surface area contributed by atoms with Crippen LogP contribution < -0.4 is 9.64 Å². The van der Waals surface area contributed by atoms with E-state index in [2.05, 4.69) is 126 Å². The van der Waals surface area contributed by atoms with E-state index in [1.807, 2.05) is 0 Å². The van der Waals surface area contributed by atoms with Gasteiger partial charge in [0.05, 0.1) is 23.2 Å². The van der Waals surface area contributed by atoms with Gasteiger partial charge in [0.25, 0.3) is 0 Å². The highest BCUT2D eigenvalue weighted by atomic mass is 16.5. The Morgan fingerprint density at radius 1 is 0.868 bits per heavy atom. The predicted octanol–water partition coefficient (Wildman–Crippen LogP) is 8.11. The SMILES string of the molecule is Cc1ccc(C(C)(C)C)cc1N1CCc2nn(-c3c(C)cccc3C)c(-c3ccc(OC(C)C)cc3)c2C1. The molecule has 0 amide bonds. The molecule has 0 spiro atoms. The van der Waals surface area contributed by atoms with Crippen molar-refractivity contribution in [3.8, 4) is 22.7 Å². The fourth-order valence-electron chi connectivity index (χ4n) is 5.56. The van der Waals surface area contributed by atoms with Crippen molar-refractivity contribution in [2.45, 2.75) is 79.9 Å². The number of anilines is 1. The zero-order chi connectivity index (χ0) is 27.2. The second kappa shape index (κ2) is 9.98. The van der Waals surface area contributed by atoms with Crippen LogP contribution in [0.15, 0.2) is 60.7 Å². The first kappa shape index (κ1) is 26.1. The number of para-hydroxylation sites is 1. The third-order valence-corrected chi connectivity index (χ3v) is 7.60. The van der Waals surface area contributed by atoms with Crippen LogP contribution >= 0.6 is 0 Å². The third kappa shape index (κ3) is 4.97. The standard InChI is InChI=1S/C34H41N3O/c1-22(2)38-28-16-13-26(14-17-28)33-29-21-36(31-20-27(34(6,7)8)15-12-23(31)3)19-18-30(29)35-37(33)32-24(4)10-9-11-25(32)5/h9-17,20,22H,18-19,21H2,1-8H3. The van der Waals surface area contributed by atoms with E-state index in [9.17, 15) is 0 Å². The minimum atomic E-state index is 0.113. The van der Waals surface area contributed by atoms with Crippen molar-refractivity contribution in [3.05, 3.63) is 94.2 Å². The molecule has 0 aliphatic carbocycles. The van der Waals surface area contributed by atoms with E-state index >= 15 is 0 Å². The Labute approximate surface area is 228 Å². The summed E-state index contributed by atoms with van der Waals surface area (Å²) in [6, 6.07) is 22.0. The van der Waals surface area contributed by atoms with Gasteiger partial charge in [-0.3, -0.25) is 0 Å². The van der Waals surface area contributed by atoms with Gasteiger partial charge >= 0.3 is 0 Å². The molecular formula is C34H41N3O. The van der Waals surface area contributed by atoms with Crippen LogP contribution in [0.25, 0.3) is 16.9 Å². The highest BCUT2D eigenvalue weighted by molar-refractivity contribution is 5.71. The number of aromatic nitrogens is 2. The number of benzene rings is 3. The first-order chi connectivity index (χ1) is 18.0. The van der Waals surface area contributed by atoms with Gasteiger partial charge in [0.15, 0.2) is 0 Å². The molecular weight excluding hydrogens is 466 g/mol. The second-order valence-corrected chi connectivity index (χ2v) is 12.0. The number of nitrogens with zero attached hydrogens (tertiary/aromatic N) is 3. The van der Waals surface area contributed by atoms with E-state index < -0.39 is 0 Å². The molecule has 0 atom stereocenters. The molecule has 4 nitrogen and oxygen atoms in total. The molecule has 0 fully saturated rings. The van der Waals surface area contributed by atoms with Crippen LogP contribution in [-0.2, 0) is 18.4 Å². The normalized spacial score (nSPS) is 13.7. The Bertz CT molecular complexity index is 1430. The van der Waals surface area contributed by atoms with Gasteiger partial charge in [0.2, 0.25) is 0 Å². The molecule has 1 aromatic heterocycles. The molecule has 198 valence electrons. The van der Waals surface area contributed by atoms with E-state index in [-0.39, 0.29) is 11.5 Å². The van der Waals surface area contributed by atoms with Gasteiger partial charge < -0.3 is 9.64 Å². The van der Waals surface area contributed by atoms with Gasteiger partial charge in [-0.05, 0) is 92.6 Å². The van der Waals surface area contributed by atoms with Crippen LogP contribution in [0.1, 0.15) is 68.1 Å². The monoisotopic (exact) mass is 507 g/mol. The van der Waals surface area contributed by atoms with Gasteiger partial charge in [-0.25, -0.2) is 4.68 Å². The Morgan fingerprint density at radius 2 is 1.55 bits per heavy atom. The highest BCUT2D eigenvalue weighted by Gasteiger charge is 2.28. The lowest BCUT2D eigenvalue weighted by atomic mass is 9.86. The third-order valence-electron chi connectivity index (χ3n) is 7.60. The molecule has 0 unspecified atom stereocenters. The molecule has 0 saturated carbocycles. The summed E-state index contributed by atoms with van der Waals surface area (Å²) < 4.78 is 8.15. The number of fused-ring (bicyclic) bond motifs is 1. The van der Waals surface area contributed by atoms with Crippen LogP contribution in [0.3, 0.4) is 0 Å². The fourth-order valence-corrected chi connectivity index (χ4v) is 5.56. The minimum Gasteiger partial charge on any atom is -0.491 e. The lowest BCUT2D eigenvalue weighted by molar-refractivity contribution is 0.242. The predicted molar refractivity (Wildman–Crippen MR) is 159 cm³/mol. The number of aryl methyl sites for hydroxylation is 3. The maximum Gasteiger partial charge on any atom is 0.119 e. The summed E-state index contributed by atoms with van der Waals surface area (Å²) in [5.41, 5.74) is 12.6. The Morgan fingerprint density at radius 3 is 2.18 bits per heavy atom. The highest BCUT2D eigenvalue weighted by Crippen LogP contribution is 2.38. The molecule has 0 bridgehead atoms. The van der Waals surface area contributed by atoms with Crippen molar-refractivity contribution in [3.63, 3.8) is 0 Å². The molecule has 38 heavy (non-hydrogen) atoms. The Balaban J connectivity index is 1.64. The van der Waals surface area contributed by atoms with E-state index in [0.717, 1.165) is 25.3 Å². The quantitative estimate of drug-likeness (QED) is 0.273.